The fraction of sp³-hybridized carbons (Fsp3) is 0.435. The quantitative estimate of drug-likeness (QED) is 0.770. The van der Waals surface area contributed by atoms with E-state index in [2.05, 4.69) is 24.1 Å². The first-order valence-electron chi connectivity index (χ1n) is 10.2. The zero-order valence-electron chi connectivity index (χ0n) is 16.9. The summed E-state index contributed by atoms with van der Waals surface area (Å²) in [6.07, 6.45) is 1.21. The number of anilines is 1. The van der Waals surface area contributed by atoms with Crippen molar-refractivity contribution in [3.8, 4) is 5.75 Å². The minimum atomic E-state index is -0.0264. The SMILES string of the molecule is CC(C)CCN1CCN(C(=O)Nc2ccc(OCc3ccccc3)cc2)CC1. The summed E-state index contributed by atoms with van der Waals surface area (Å²) >= 11 is 0. The molecule has 1 saturated heterocycles. The fourth-order valence-electron chi connectivity index (χ4n) is 3.19. The Kier molecular flexibility index (Phi) is 7.31. The Morgan fingerprint density at radius 3 is 2.32 bits per heavy atom. The maximum Gasteiger partial charge on any atom is 0.321 e. The van der Waals surface area contributed by atoms with Gasteiger partial charge in [0.1, 0.15) is 12.4 Å². The van der Waals surface area contributed by atoms with Crippen LogP contribution in [0.2, 0.25) is 0 Å². The highest BCUT2D eigenvalue weighted by Crippen LogP contribution is 2.18. The van der Waals surface area contributed by atoms with E-state index in [-0.39, 0.29) is 6.03 Å². The second kappa shape index (κ2) is 10.1. The Morgan fingerprint density at radius 1 is 1.00 bits per heavy atom. The molecule has 2 aromatic rings. The van der Waals surface area contributed by atoms with Crippen LogP contribution in [0.5, 0.6) is 5.75 Å². The summed E-state index contributed by atoms with van der Waals surface area (Å²) in [7, 11) is 0. The van der Waals surface area contributed by atoms with Crippen molar-refractivity contribution in [2.75, 3.05) is 38.0 Å². The number of hydrogen-bond donors (Lipinski definition) is 1. The normalized spacial score (nSPS) is 14.9. The van der Waals surface area contributed by atoms with Gasteiger partial charge in [-0.05, 0) is 48.7 Å². The molecular formula is C23H31N3O2. The van der Waals surface area contributed by atoms with Gasteiger partial charge in [-0.1, -0.05) is 44.2 Å². The van der Waals surface area contributed by atoms with Gasteiger partial charge in [-0.25, -0.2) is 4.79 Å². The molecule has 0 bridgehead atoms. The third-order valence-electron chi connectivity index (χ3n) is 5.04. The van der Waals surface area contributed by atoms with Crippen molar-refractivity contribution in [3.05, 3.63) is 60.2 Å². The number of carbonyl (C=O) groups excluding carboxylic acids is 1. The van der Waals surface area contributed by atoms with Crippen LogP contribution in [0.3, 0.4) is 0 Å². The van der Waals surface area contributed by atoms with Gasteiger partial charge in [0.25, 0.3) is 0 Å². The van der Waals surface area contributed by atoms with Crippen LogP contribution in [-0.2, 0) is 6.61 Å². The molecule has 0 radical (unpaired) electrons. The Morgan fingerprint density at radius 2 is 1.68 bits per heavy atom. The van der Waals surface area contributed by atoms with Gasteiger partial charge >= 0.3 is 6.03 Å². The van der Waals surface area contributed by atoms with Gasteiger partial charge in [0.05, 0.1) is 0 Å². The predicted octanol–water partition coefficient (Wildman–Crippen LogP) is 4.46. The Bertz CT molecular complexity index is 723. The molecule has 1 aliphatic heterocycles. The molecule has 28 heavy (non-hydrogen) atoms. The minimum Gasteiger partial charge on any atom is -0.489 e. The highest BCUT2D eigenvalue weighted by molar-refractivity contribution is 5.89. The summed E-state index contributed by atoms with van der Waals surface area (Å²) in [5.74, 6) is 1.52. The topological polar surface area (TPSA) is 44.8 Å². The van der Waals surface area contributed by atoms with Gasteiger partial charge in [0.15, 0.2) is 0 Å². The standard InChI is InChI=1S/C23H31N3O2/c1-19(2)12-13-25-14-16-26(17-15-25)23(27)24-21-8-10-22(11-9-21)28-18-20-6-4-3-5-7-20/h3-11,19H,12-18H2,1-2H3,(H,24,27). The van der Waals surface area contributed by atoms with Crippen LogP contribution < -0.4 is 10.1 Å². The lowest BCUT2D eigenvalue weighted by Gasteiger charge is -2.35. The number of rotatable bonds is 7. The van der Waals surface area contributed by atoms with E-state index in [1.807, 2.05) is 59.5 Å². The Labute approximate surface area is 168 Å². The third kappa shape index (κ3) is 6.27. The van der Waals surface area contributed by atoms with Crippen LogP contribution in [0.15, 0.2) is 54.6 Å². The first-order chi connectivity index (χ1) is 13.6. The average molecular weight is 382 g/mol. The highest BCUT2D eigenvalue weighted by Gasteiger charge is 2.21. The Hall–Kier alpha value is -2.53. The number of amides is 2. The summed E-state index contributed by atoms with van der Waals surface area (Å²) in [4.78, 5) is 16.8. The number of nitrogens with one attached hydrogen (secondary N) is 1. The number of nitrogens with zero attached hydrogens (tertiary/aromatic N) is 2. The molecule has 3 rings (SSSR count). The zero-order chi connectivity index (χ0) is 19.8. The van der Waals surface area contributed by atoms with Gasteiger partial charge in [-0.2, -0.15) is 0 Å². The van der Waals surface area contributed by atoms with E-state index in [1.54, 1.807) is 0 Å². The van der Waals surface area contributed by atoms with Gasteiger partial charge in [0, 0.05) is 31.9 Å². The molecule has 5 nitrogen and oxygen atoms in total. The Balaban J connectivity index is 1.42. The number of urea groups is 1. The monoisotopic (exact) mass is 381 g/mol. The smallest absolute Gasteiger partial charge is 0.321 e. The number of hydrogen-bond acceptors (Lipinski definition) is 3. The molecule has 1 heterocycles. The summed E-state index contributed by atoms with van der Waals surface area (Å²) in [6, 6.07) is 17.6. The number of benzene rings is 2. The minimum absolute atomic E-state index is 0.0264. The van der Waals surface area contributed by atoms with Crippen LogP contribution in [0.4, 0.5) is 10.5 Å². The second-order valence-electron chi connectivity index (χ2n) is 7.74. The summed E-state index contributed by atoms with van der Waals surface area (Å²) in [5, 5.41) is 2.99. The molecular weight excluding hydrogens is 350 g/mol. The van der Waals surface area contributed by atoms with Crippen molar-refractivity contribution >= 4 is 11.7 Å². The lowest BCUT2D eigenvalue weighted by Crippen LogP contribution is -2.50. The molecule has 1 N–H and O–H groups in total. The molecule has 0 spiro atoms. The van der Waals surface area contributed by atoms with E-state index >= 15 is 0 Å². The van der Waals surface area contributed by atoms with Crippen LogP contribution >= 0.6 is 0 Å². The van der Waals surface area contributed by atoms with Crippen molar-refractivity contribution in [1.82, 2.24) is 9.80 Å². The van der Waals surface area contributed by atoms with Crippen LogP contribution in [-0.4, -0.2) is 48.6 Å². The molecule has 2 amide bonds. The van der Waals surface area contributed by atoms with Gasteiger partial charge in [0.2, 0.25) is 0 Å². The van der Waals surface area contributed by atoms with Crippen LogP contribution in [0, 0.1) is 5.92 Å². The maximum atomic E-state index is 12.5. The molecule has 0 unspecified atom stereocenters. The van der Waals surface area contributed by atoms with Crippen molar-refractivity contribution in [3.63, 3.8) is 0 Å². The molecule has 5 heteroatoms. The van der Waals surface area contributed by atoms with Crippen LogP contribution in [0.1, 0.15) is 25.8 Å². The van der Waals surface area contributed by atoms with E-state index in [0.29, 0.717) is 6.61 Å². The number of piperazine rings is 1. The lowest BCUT2D eigenvalue weighted by atomic mass is 10.1. The summed E-state index contributed by atoms with van der Waals surface area (Å²) in [6.45, 7) is 9.62. The van der Waals surface area contributed by atoms with Gasteiger partial charge in [-0.3, -0.25) is 4.90 Å². The highest BCUT2D eigenvalue weighted by atomic mass is 16.5. The largest absolute Gasteiger partial charge is 0.489 e. The number of carbonyl (C=O) groups is 1. The molecule has 150 valence electrons. The van der Waals surface area contributed by atoms with Crippen molar-refractivity contribution < 1.29 is 9.53 Å². The molecule has 0 saturated carbocycles. The van der Waals surface area contributed by atoms with E-state index in [4.69, 9.17) is 4.74 Å². The predicted molar refractivity (Wildman–Crippen MR) is 114 cm³/mol. The summed E-state index contributed by atoms with van der Waals surface area (Å²) in [5.41, 5.74) is 1.92. The lowest BCUT2D eigenvalue weighted by molar-refractivity contribution is 0.143. The zero-order valence-corrected chi connectivity index (χ0v) is 16.9. The fourth-order valence-corrected chi connectivity index (χ4v) is 3.19. The second-order valence-corrected chi connectivity index (χ2v) is 7.74. The van der Waals surface area contributed by atoms with E-state index < -0.39 is 0 Å². The van der Waals surface area contributed by atoms with E-state index in [9.17, 15) is 4.79 Å². The van der Waals surface area contributed by atoms with Crippen molar-refractivity contribution in [1.29, 1.82) is 0 Å². The maximum absolute atomic E-state index is 12.5. The van der Waals surface area contributed by atoms with Crippen molar-refractivity contribution in [2.24, 2.45) is 5.92 Å². The van der Waals surface area contributed by atoms with Gasteiger partial charge in [-0.15, -0.1) is 0 Å². The van der Waals surface area contributed by atoms with E-state index in [0.717, 1.165) is 55.6 Å². The van der Waals surface area contributed by atoms with Gasteiger partial charge < -0.3 is 15.0 Å². The van der Waals surface area contributed by atoms with Crippen molar-refractivity contribution in [2.45, 2.75) is 26.9 Å². The molecule has 1 aliphatic rings. The van der Waals surface area contributed by atoms with E-state index in [1.165, 1.54) is 6.42 Å². The number of ether oxygens (including phenoxy) is 1. The average Bonchev–Trinajstić information content (AvgIpc) is 2.73. The molecule has 0 atom stereocenters. The van der Waals surface area contributed by atoms with Crippen LogP contribution in [0.25, 0.3) is 0 Å². The molecule has 2 aromatic carbocycles. The third-order valence-corrected chi connectivity index (χ3v) is 5.04. The first-order valence-corrected chi connectivity index (χ1v) is 10.2. The molecule has 0 aromatic heterocycles. The first kappa shape index (κ1) is 20.2. The molecule has 1 fully saturated rings. The summed E-state index contributed by atoms with van der Waals surface area (Å²) < 4.78 is 5.79. The molecule has 0 aliphatic carbocycles.